The molecule has 1 fully saturated rings. The van der Waals surface area contributed by atoms with E-state index in [4.69, 9.17) is 21.9 Å². The zero-order chi connectivity index (χ0) is 28.6. The van der Waals surface area contributed by atoms with Crippen molar-refractivity contribution in [3.05, 3.63) is 86.1 Å². The van der Waals surface area contributed by atoms with E-state index in [1.165, 1.54) is 18.7 Å². The first-order valence-corrected chi connectivity index (χ1v) is 13.3. The lowest BCUT2D eigenvalue weighted by atomic mass is 10.1. The molecule has 0 bridgehead atoms. The van der Waals surface area contributed by atoms with Crippen molar-refractivity contribution >= 4 is 46.1 Å². The summed E-state index contributed by atoms with van der Waals surface area (Å²) in [6.07, 6.45) is 0. The van der Waals surface area contributed by atoms with Crippen LogP contribution < -0.4 is 21.5 Å². The summed E-state index contributed by atoms with van der Waals surface area (Å²) in [5, 5.41) is 3.81. The number of hydrogen-bond acceptors (Lipinski definition) is 7. The molecule has 11 nitrogen and oxygen atoms in total. The molecule has 12 heteroatoms. The Morgan fingerprint density at radius 1 is 0.975 bits per heavy atom. The second kappa shape index (κ2) is 11.0. The lowest BCUT2D eigenvalue weighted by molar-refractivity contribution is 0.0600. The minimum absolute atomic E-state index is 0.366. The summed E-state index contributed by atoms with van der Waals surface area (Å²) >= 11 is 5.66. The zero-order valence-corrected chi connectivity index (χ0v) is 23.7. The molecule has 208 valence electrons. The van der Waals surface area contributed by atoms with Gasteiger partial charge < -0.3 is 19.9 Å². The van der Waals surface area contributed by atoms with E-state index < -0.39 is 11.7 Å². The SMILES string of the molecule is COC(=O)c1ccc(NC(=S)N2CCN(c3nc4c(c(=O)n(C)c(=O)n4C)n3Cc3ccc(C)cc3)CC2)cc1. The van der Waals surface area contributed by atoms with Gasteiger partial charge in [0.05, 0.1) is 19.2 Å². The lowest BCUT2D eigenvalue weighted by Gasteiger charge is -2.36. The van der Waals surface area contributed by atoms with Crippen LogP contribution in [0.4, 0.5) is 11.6 Å². The monoisotopic (exact) mass is 561 g/mol. The number of benzene rings is 2. The molecular weight excluding hydrogens is 530 g/mol. The molecule has 0 atom stereocenters. The molecule has 1 saturated heterocycles. The Morgan fingerprint density at radius 2 is 1.62 bits per heavy atom. The number of ether oxygens (including phenoxy) is 1. The molecule has 1 aliphatic heterocycles. The highest BCUT2D eigenvalue weighted by Gasteiger charge is 2.26. The summed E-state index contributed by atoms with van der Waals surface area (Å²) in [5.41, 5.74) is 3.41. The van der Waals surface area contributed by atoms with Crippen LogP contribution in [0.1, 0.15) is 21.5 Å². The van der Waals surface area contributed by atoms with Gasteiger partial charge in [0, 0.05) is 46.0 Å². The van der Waals surface area contributed by atoms with Crippen molar-refractivity contribution in [2.45, 2.75) is 13.5 Å². The van der Waals surface area contributed by atoms with Crippen LogP contribution in [0.5, 0.6) is 0 Å². The molecule has 2 aromatic heterocycles. The van der Waals surface area contributed by atoms with Crippen LogP contribution in [0.3, 0.4) is 0 Å². The van der Waals surface area contributed by atoms with Crippen molar-refractivity contribution in [3.63, 3.8) is 0 Å². The largest absolute Gasteiger partial charge is 0.465 e. The number of rotatable bonds is 5. The first-order chi connectivity index (χ1) is 19.2. The molecule has 0 amide bonds. The van der Waals surface area contributed by atoms with Gasteiger partial charge >= 0.3 is 11.7 Å². The van der Waals surface area contributed by atoms with E-state index in [-0.39, 0.29) is 5.56 Å². The van der Waals surface area contributed by atoms with E-state index >= 15 is 0 Å². The highest BCUT2D eigenvalue weighted by Crippen LogP contribution is 2.23. The molecule has 2 aromatic carbocycles. The van der Waals surface area contributed by atoms with Crippen LogP contribution >= 0.6 is 12.2 Å². The van der Waals surface area contributed by atoms with Crippen LogP contribution in [-0.4, -0.2) is 68.0 Å². The Morgan fingerprint density at radius 3 is 2.25 bits per heavy atom. The summed E-state index contributed by atoms with van der Waals surface area (Å²) in [6.45, 7) is 4.99. The number of piperazine rings is 1. The standard InChI is InChI=1S/C28H31N7O4S/c1-18-5-7-19(8-6-18)17-35-22-23(31(2)28(38)32(3)24(22)36)30-26(35)33-13-15-34(16-14-33)27(40)29-21-11-9-20(10-12-21)25(37)39-4/h5-12H,13-17H2,1-4H3,(H,29,40). The molecule has 0 saturated carbocycles. The Kier molecular flexibility index (Phi) is 7.44. The molecule has 5 rings (SSSR count). The number of hydrogen-bond donors (Lipinski definition) is 1. The van der Waals surface area contributed by atoms with Crippen LogP contribution in [0, 0.1) is 6.92 Å². The molecule has 0 radical (unpaired) electrons. The Balaban J connectivity index is 1.38. The van der Waals surface area contributed by atoms with Crippen molar-refractivity contribution in [1.82, 2.24) is 23.6 Å². The number of thiocarbonyl (C=S) groups is 1. The topological polar surface area (TPSA) is 107 Å². The molecular formula is C28H31N7O4S. The predicted molar refractivity (Wildman–Crippen MR) is 158 cm³/mol. The fourth-order valence-electron chi connectivity index (χ4n) is 4.82. The second-order valence-corrected chi connectivity index (χ2v) is 10.2. The highest BCUT2D eigenvalue weighted by atomic mass is 32.1. The molecule has 4 aromatic rings. The number of methoxy groups -OCH3 is 1. The van der Waals surface area contributed by atoms with Crippen molar-refractivity contribution in [2.75, 3.05) is 43.5 Å². The van der Waals surface area contributed by atoms with Gasteiger partial charge in [0.15, 0.2) is 16.3 Å². The number of esters is 1. The van der Waals surface area contributed by atoms with Gasteiger partial charge in [-0.15, -0.1) is 0 Å². The van der Waals surface area contributed by atoms with E-state index in [1.807, 2.05) is 35.8 Å². The maximum atomic E-state index is 13.3. The minimum atomic E-state index is -0.412. The van der Waals surface area contributed by atoms with Gasteiger partial charge in [-0.25, -0.2) is 9.59 Å². The number of imidazole rings is 1. The average molecular weight is 562 g/mol. The van der Waals surface area contributed by atoms with E-state index in [0.29, 0.717) is 60.5 Å². The predicted octanol–water partition coefficient (Wildman–Crippen LogP) is 2.10. The number of anilines is 2. The van der Waals surface area contributed by atoms with Crippen LogP contribution in [0.15, 0.2) is 58.1 Å². The number of aromatic nitrogens is 4. The normalized spacial score (nSPS) is 13.5. The second-order valence-electron chi connectivity index (χ2n) is 9.83. The highest BCUT2D eigenvalue weighted by molar-refractivity contribution is 7.80. The van der Waals surface area contributed by atoms with Crippen LogP contribution in [0.2, 0.25) is 0 Å². The summed E-state index contributed by atoms with van der Waals surface area (Å²) < 4.78 is 9.21. The summed E-state index contributed by atoms with van der Waals surface area (Å²) in [6, 6.07) is 15.1. The maximum absolute atomic E-state index is 13.3. The zero-order valence-electron chi connectivity index (χ0n) is 22.9. The minimum Gasteiger partial charge on any atom is -0.465 e. The third kappa shape index (κ3) is 5.09. The number of carbonyl (C=O) groups is 1. The smallest absolute Gasteiger partial charge is 0.337 e. The molecule has 0 unspecified atom stereocenters. The summed E-state index contributed by atoms with van der Waals surface area (Å²) in [4.78, 5) is 46.6. The van der Waals surface area contributed by atoms with Gasteiger partial charge in [0.2, 0.25) is 5.95 Å². The van der Waals surface area contributed by atoms with E-state index in [9.17, 15) is 14.4 Å². The third-order valence-corrected chi connectivity index (χ3v) is 7.56. The molecule has 40 heavy (non-hydrogen) atoms. The Hall–Kier alpha value is -4.45. The van der Waals surface area contributed by atoms with Gasteiger partial charge in [-0.3, -0.25) is 18.5 Å². The fourth-order valence-corrected chi connectivity index (χ4v) is 5.12. The first kappa shape index (κ1) is 27.1. The van der Waals surface area contributed by atoms with Crippen LogP contribution in [-0.2, 0) is 25.4 Å². The van der Waals surface area contributed by atoms with Crippen molar-refractivity contribution in [2.24, 2.45) is 14.1 Å². The number of carbonyl (C=O) groups excluding carboxylic acids is 1. The summed E-state index contributed by atoms with van der Waals surface area (Å²) in [7, 11) is 4.47. The van der Waals surface area contributed by atoms with Gasteiger partial charge in [0.25, 0.3) is 5.56 Å². The maximum Gasteiger partial charge on any atom is 0.337 e. The van der Waals surface area contributed by atoms with E-state index in [2.05, 4.69) is 15.1 Å². The Labute approximate surface area is 236 Å². The first-order valence-electron chi connectivity index (χ1n) is 12.9. The molecule has 0 spiro atoms. The van der Waals surface area contributed by atoms with Gasteiger partial charge in [-0.2, -0.15) is 4.98 Å². The average Bonchev–Trinajstić information content (AvgIpc) is 3.35. The number of fused-ring (bicyclic) bond motifs is 1. The van der Waals surface area contributed by atoms with E-state index in [1.54, 1.807) is 31.3 Å². The molecule has 1 N–H and O–H groups in total. The van der Waals surface area contributed by atoms with Gasteiger partial charge in [-0.1, -0.05) is 29.8 Å². The van der Waals surface area contributed by atoms with Crippen molar-refractivity contribution < 1.29 is 9.53 Å². The third-order valence-electron chi connectivity index (χ3n) is 7.20. The number of aryl methyl sites for hydroxylation is 2. The number of nitrogens with zero attached hydrogens (tertiary/aromatic N) is 6. The summed E-state index contributed by atoms with van der Waals surface area (Å²) in [5.74, 6) is 0.252. The Bertz CT molecular complexity index is 1700. The van der Waals surface area contributed by atoms with Crippen LogP contribution in [0.25, 0.3) is 11.2 Å². The molecule has 0 aliphatic carbocycles. The number of nitrogens with one attached hydrogen (secondary N) is 1. The van der Waals surface area contributed by atoms with Crippen molar-refractivity contribution in [3.8, 4) is 0 Å². The molecule has 1 aliphatic rings. The fraction of sp³-hybridized carbons (Fsp3) is 0.321. The van der Waals surface area contributed by atoms with Gasteiger partial charge in [0.1, 0.15) is 0 Å². The molecule has 3 heterocycles. The quantitative estimate of drug-likeness (QED) is 0.290. The lowest BCUT2D eigenvalue weighted by Crippen LogP contribution is -2.50. The van der Waals surface area contributed by atoms with Gasteiger partial charge in [-0.05, 0) is 49.0 Å². The van der Waals surface area contributed by atoms with E-state index in [0.717, 1.165) is 21.4 Å². The van der Waals surface area contributed by atoms with Crippen molar-refractivity contribution in [1.29, 1.82) is 0 Å².